The summed E-state index contributed by atoms with van der Waals surface area (Å²) in [5.74, 6) is -0.766. The number of carbonyl (C=O) groups is 1. The third kappa shape index (κ3) is 4.39. The predicted molar refractivity (Wildman–Crippen MR) is 103 cm³/mol. The van der Waals surface area contributed by atoms with Gasteiger partial charge in [-0.3, -0.25) is 4.79 Å². The summed E-state index contributed by atoms with van der Waals surface area (Å²) < 4.78 is 40.7. The van der Waals surface area contributed by atoms with Crippen molar-refractivity contribution in [1.29, 1.82) is 0 Å². The number of carbonyl (C=O) groups excluding carboxylic acids is 1. The first-order valence-electron chi connectivity index (χ1n) is 7.63. The standard InChI is InChI=1S/C16H13Cl2N3O4S2/c1-9(16(22)25-8-10-11(17)4-2-5-12(10)18)21-27(23,24)14-7-3-6-13-15(14)20-26-19-13/h2-7,9,21H,8H2,1H3. The summed E-state index contributed by atoms with van der Waals surface area (Å²) in [7, 11) is -4.00. The quantitative estimate of drug-likeness (QED) is 0.583. The van der Waals surface area contributed by atoms with Crippen LogP contribution in [0.1, 0.15) is 12.5 Å². The molecule has 0 amide bonds. The van der Waals surface area contributed by atoms with Crippen LogP contribution in [0.4, 0.5) is 0 Å². The van der Waals surface area contributed by atoms with E-state index in [2.05, 4.69) is 13.5 Å². The number of fused-ring (bicyclic) bond motifs is 1. The van der Waals surface area contributed by atoms with Crippen LogP contribution < -0.4 is 4.72 Å². The van der Waals surface area contributed by atoms with Crippen molar-refractivity contribution >= 4 is 62.0 Å². The van der Waals surface area contributed by atoms with Gasteiger partial charge in [0.05, 0.1) is 11.7 Å². The monoisotopic (exact) mass is 445 g/mol. The zero-order valence-electron chi connectivity index (χ0n) is 13.8. The summed E-state index contributed by atoms with van der Waals surface area (Å²) >= 11 is 13.0. The Hall–Kier alpha value is -1.78. The summed E-state index contributed by atoms with van der Waals surface area (Å²) in [5.41, 5.74) is 1.16. The lowest BCUT2D eigenvalue weighted by molar-refractivity contribution is -0.146. The Morgan fingerprint density at radius 2 is 1.85 bits per heavy atom. The van der Waals surface area contributed by atoms with Crippen molar-refractivity contribution in [3.63, 3.8) is 0 Å². The SMILES string of the molecule is CC(NS(=O)(=O)c1cccc2nsnc12)C(=O)OCc1c(Cl)cccc1Cl. The second-order valence-electron chi connectivity index (χ2n) is 5.54. The predicted octanol–water partition coefficient (Wildman–Crippen LogP) is 3.41. The highest BCUT2D eigenvalue weighted by Gasteiger charge is 2.26. The number of nitrogens with one attached hydrogen (secondary N) is 1. The maximum atomic E-state index is 12.6. The molecule has 0 radical (unpaired) electrons. The van der Waals surface area contributed by atoms with Crippen molar-refractivity contribution in [2.45, 2.75) is 24.5 Å². The third-order valence-corrected chi connectivity index (χ3v) is 6.47. The molecule has 1 heterocycles. The second kappa shape index (κ2) is 8.07. The molecule has 0 spiro atoms. The summed E-state index contributed by atoms with van der Waals surface area (Å²) in [5, 5.41) is 0.706. The Kier molecular flexibility index (Phi) is 5.97. The molecule has 1 atom stereocenters. The zero-order chi connectivity index (χ0) is 19.6. The van der Waals surface area contributed by atoms with Gasteiger partial charge in [0.1, 0.15) is 28.6 Å². The Balaban J connectivity index is 1.71. The van der Waals surface area contributed by atoms with Gasteiger partial charge in [0.25, 0.3) is 0 Å². The van der Waals surface area contributed by atoms with E-state index in [-0.39, 0.29) is 17.0 Å². The molecule has 0 aliphatic carbocycles. The van der Waals surface area contributed by atoms with Gasteiger partial charge >= 0.3 is 5.97 Å². The smallest absolute Gasteiger partial charge is 0.324 e. The number of sulfonamides is 1. The topological polar surface area (TPSA) is 98.3 Å². The number of rotatable bonds is 6. The molecule has 1 unspecified atom stereocenters. The highest BCUT2D eigenvalue weighted by molar-refractivity contribution is 7.89. The van der Waals surface area contributed by atoms with Gasteiger partial charge in [0, 0.05) is 15.6 Å². The molecule has 1 N–H and O–H groups in total. The van der Waals surface area contributed by atoms with Crippen LogP contribution in [-0.2, 0) is 26.2 Å². The summed E-state index contributed by atoms with van der Waals surface area (Å²) in [6, 6.07) is 8.38. The van der Waals surface area contributed by atoms with E-state index in [9.17, 15) is 13.2 Å². The van der Waals surface area contributed by atoms with E-state index in [1.165, 1.54) is 13.0 Å². The number of halogens is 2. The molecule has 0 aliphatic rings. The maximum absolute atomic E-state index is 12.6. The molecule has 7 nitrogen and oxygen atoms in total. The van der Waals surface area contributed by atoms with Gasteiger partial charge in [-0.05, 0) is 31.2 Å². The van der Waals surface area contributed by atoms with Gasteiger partial charge in [0.2, 0.25) is 10.0 Å². The molecule has 0 saturated heterocycles. The van der Waals surface area contributed by atoms with Crippen molar-refractivity contribution in [2.24, 2.45) is 0 Å². The van der Waals surface area contributed by atoms with Gasteiger partial charge in [-0.2, -0.15) is 13.5 Å². The maximum Gasteiger partial charge on any atom is 0.324 e. The lowest BCUT2D eigenvalue weighted by Gasteiger charge is -2.15. The highest BCUT2D eigenvalue weighted by atomic mass is 35.5. The number of esters is 1. The van der Waals surface area contributed by atoms with E-state index >= 15 is 0 Å². The van der Waals surface area contributed by atoms with E-state index in [0.29, 0.717) is 21.1 Å². The van der Waals surface area contributed by atoms with Gasteiger partial charge in [-0.15, -0.1) is 0 Å². The first-order valence-corrected chi connectivity index (χ1v) is 10.6. The fourth-order valence-electron chi connectivity index (χ4n) is 2.28. The minimum atomic E-state index is -4.00. The molecule has 0 aliphatic heterocycles. The molecular weight excluding hydrogens is 433 g/mol. The van der Waals surface area contributed by atoms with Crippen LogP contribution in [0, 0.1) is 0 Å². The Bertz CT molecular complexity index is 1080. The van der Waals surface area contributed by atoms with Crippen molar-refractivity contribution in [3.8, 4) is 0 Å². The van der Waals surface area contributed by atoms with Crippen LogP contribution in [0.25, 0.3) is 11.0 Å². The molecule has 0 saturated carbocycles. The Labute approximate surface area is 169 Å². The first kappa shape index (κ1) is 20.0. The normalized spacial score (nSPS) is 12.9. The van der Waals surface area contributed by atoms with Crippen LogP contribution in [0.2, 0.25) is 10.0 Å². The molecule has 0 bridgehead atoms. The van der Waals surface area contributed by atoms with Crippen LogP contribution >= 0.6 is 34.9 Å². The average Bonchev–Trinajstić information content (AvgIpc) is 3.09. The van der Waals surface area contributed by atoms with Gasteiger partial charge < -0.3 is 4.74 Å². The Morgan fingerprint density at radius 1 is 1.19 bits per heavy atom. The van der Waals surface area contributed by atoms with Gasteiger partial charge in [-0.25, -0.2) is 8.42 Å². The minimum absolute atomic E-state index is 0.0532. The lowest BCUT2D eigenvalue weighted by Crippen LogP contribution is -2.39. The van der Waals surface area contributed by atoms with Gasteiger partial charge in [-0.1, -0.05) is 35.3 Å². The summed E-state index contributed by atoms with van der Waals surface area (Å²) in [4.78, 5) is 12.1. The number of nitrogens with zero attached hydrogens (tertiary/aromatic N) is 2. The van der Waals surface area contributed by atoms with Crippen molar-refractivity contribution in [3.05, 3.63) is 52.0 Å². The molecule has 1 aromatic heterocycles. The molecule has 0 fully saturated rings. The van der Waals surface area contributed by atoms with Crippen LogP contribution in [0.15, 0.2) is 41.3 Å². The fraction of sp³-hybridized carbons (Fsp3) is 0.188. The molecule has 11 heteroatoms. The molecule has 142 valence electrons. The molecule has 2 aromatic carbocycles. The second-order valence-corrected chi connectivity index (χ2v) is 8.56. The molecular formula is C16H13Cl2N3O4S2. The fourth-order valence-corrected chi connectivity index (χ4v) is 4.75. The molecule has 3 aromatic rings. The minimum Gasteiger partial charge on any atom is -0.460 e. The van der Waals surface area contributed by atoms with E-state index < -0.39 is 22.0 Å². The molecule has 27 heavy (non-hydrogen) atoms. The zero-order valence-corrected chi connectivity index (χ0v) is 17.0. The van der Waals surface area contributed by atoms with Crippen LogP contribution in [-0.4, -0.2) is 29.2 Å². The number of hydrogen-bond acceptors (Lipinski definition) is 7. The Morgan fingerprint density at radius 3 is 2.56 bits per heavy atom. The van der Waals surface area contributed by atoms with E-state index in [1.807, 2.05) is 0 Å². The number of aromatic nitrogens is 2. The number of hydrogen-bond donors (Lipinski definition) is 1. The molecule has 3 rings (SSSR count). The largest absolute Gasteiger partial charge is 0.460 e. The van der Waals surface area contributed by atoms with Crippen LogP contribution in [0.5, 0.6) is 0 Å². The van der Waals surface area contributed by atoms with E-state index in [1.54, 1.807) is 30.3 Å². The van der Waals surface area contributed by atoms with Crippen LogP contribution in [0.3, 0.4) is 0 Å². The number of benzene rings is 2. The van der Waals surface area contributed by atoms with E-state index in [4.69, 9.17) is 27.9 Å². The van der Waals surface area contributed by atoms with Gasteiger partial charge in [0.15, 0.2) is 0 Å². The summed E-state index contributed by atoms with van der Waals surface area (Å²) in [6.07, 6.45) is 0. The van der Waals surface area contributed by atoms with Crippen molar-refractivity contribution in [2.75, 3.05) is 0 Å². The summed E-state index contributed by atoms with van der Waals surface area (Å²) in [6.45, 7) is 1.21. The first-order chi connectivity index (χ1) is 12.8. The van der Waals surface area contributed by atoms with Crippen molar-refractivity contribution in [1.82, 2.24) is 13.5 Å². The van der Waals surface area contributed by atoms with E-state index in [0.717, 1.165) is 11.7 Å². The average molecular weight is 446 g/mol. The highest BCUT2D eigenvalue weighted by Crippen LogP contribution is 2.25. The van der Waals surface area contributed by atoms with Crippen molar-refractivity contribution < 1.29 is 17.9 Å². The third-order valence-electron chi connectivity index (χ3n) is 3.64. The number of ether oxygens (including phenoxy) is 1. The lowest BCUT2D eigenvalue weighted by atomic mass is 10.2.